The summed E-state index contributed by atoms with van der Waals surface area (Å²) in [6.45, 7) is 0. The predicted molar refractivity (Wildman–Crippen MR) is 48.3 cm³/mol. The second kappa shape index (κ2) is 4.28. The SMILES string of the molecule is NC(CC1CC=C(O)CC1)C(=O)O. The van der Waals surface area contributed by atoms with Crippen LogP contribution in [0.25, 0.3) is 0 Å². The molecular weight excluding hydrogens is 170 g/mol. The average Bonchev–Trinajstić information content (AvgIpc) is 2.08. The van der Waals surface area contributed by atoms with Gasteiger partial charge in [-0.3, -0.25) is 4.79 Å². The van der Waals surface area contributed by atoms with E-state index in [9.17, 15) is 4.79 Å². The summed E-state index contributed by atoms with van der Waals surface area (Å²) in [6, 6.07) is -0.765. The van der Waals surface area contributed by atoms with Gasteiger partial charge < -0.3 is 15.9 Å². The first kappa shape index (κ1) is 10.1. The summed E-state index contributed by atoms with van der Waals surface area (Å²) in [4.78, 5) is 10.4. The van der Waals surface area contributed by atoms with Crippen molar-refractivity contribution in [2.24, 2.45) is 11.7 Å². The fraction of sp³-hybridized carbons (Fsp3) is 0.667. The molecule has 74 valence electrons. The van der Waals surface area contributed by atoms with Crippen LogP contribution < -0.4 is 5.73 Å². The molecule has 0 aromatic rings. The van der Waals surface area contributed by atoms with Crippen molar-refractivity contribution in [2.75, 3.05) is 0 Å². The maximum Gasteiger partial charge on any atom is 0.320 e. The maximum atomic E-state index is 10.4. The van der Waals surface area contributed by atoms with Crippen molar-refractivity contribution in [3.63, 3.8) is 0 Å². The molecule has 0 radical (unpaired) electrons. The van der Waals surface area contributed by atoms with E-state index < -0.39 is 12.0 Å². The maximum absolute atomic E-state index is 10.4. The number of nitrogens with two attached hydrogens (primary N) is 1. The summed E-state index contributed by atoms with van der Waals surface area (Å²) in [6.07, 6.45) is 4.48. The molecule has 0 heterocycles. The van der Waals surface area contributed by atoms with Crippen LogP contribution in [0.3, 0.4) is 0 Å². The van der Waals surface area contributed by atoms with Gasteiger partial charge in [0.25, 0.3) is 0 Å². The number of allylic oxidation sites excluding steroid dienone is 2. The van der Waals surface area contributed by atoms with Crippen molar-refractivity contribution in [1.29, 1.82) is 0 Å². The summed E-state index contributed by atoms with van der Waals surface area (Å²) >= 11 is 0. The van der Waals surface area contributed by atoms with Gasteiger partial charge in [0.05, 0.1) is 5.76 Å². The first-order valence-electron chi connectivity index (χ1n) is 4.46. The molecular formula is C9H15NO3. The number of rotatable bonds is 3. The molecule has 1 rings (SSSR count). The summed E-state index contributed by atoms with van der Waals surface area (Å²) in [7, 11) is 0. The Morgan fingerprint density at radius 3 is 2.92 bits per heavy atom. The molecule has 0 bridgehead atoms. The zero-order valence-electron chi connectivity index (χ0n) is 7.44. The number of hydrogen-bond donors (Lipinski definition) is 3. The Hall–Kier alpha value is -1.03. The lowest BCUT2D eigenvalue weighted by Gasteiger charge is -2.20. The third-order valence-electron chi connectivity index (χ3n) is 2.40. The number of hydrogen-bond acceptors (Lipinski definition) is 3. The Morgan fingerprint density at radius 1 is 1.77 bits per heavy atom. The molecule has 1 aliphatic rings. The topological polar surface area (TPSA) is 83.5 Å². The largest absolute Gasteiger partial charge is 0.513 e. The minimum Gasteiger partial charge on any atom is -0.513 e. The standard InChI is InChI=1S/C9H15NO3/c10-8(9(12)13)5-6-1-3-7(11)4-2-6/h3,6,8,11H,1-2,4-5,10H2,(H,12,13). The van der Waals surface area contributed by atoms with E-state index in [2.05, 4.69) is 0 Å². The highest BCUT2D eigenvalue weighted by atomic mass is 16.4. The molecule has 0 saturated carbocycles. The van der Waals surface area contributed by atoms with E-state index in [4.69, 9.17) is 15.9 Å². The highest BCUT2D eigenvalue weighted by molar-refractivity contribution is 5.73. The van der Waals surface area contributed by atoms with Crippen LogP contribution in [0, 0.1) is 5.92 Å². The van der Waals surface area contributed by atoms with Crippen molar-refractivity contribution in [2.45, 2.75) is 31.7 Å². The molecule has 4 nitrogen and oxygen atoms in total. The molecule has 1 aliphatic carbocycles. The number of carbonyl (C=O) groups is 1. The Morgan fingerprint density at radius 2 is 2.46 bits per heavy atom. The molecule has 0 fully saturated rings. The minimum atomic E-state index is -0.946. The second-order valence-corrected chi connectivity index (χ2v) is 3.52. The predicted octanol–water partition coefficient (Wildman–Crippen LogP) is 1.03. The van der Waals surface area contributed by atoms with Crippen molar-refractivity contribution in [3.05, 3.63) is 11.8 Å². The Bertz CT molecular complexity index is 225. The van der Waals surface area contributed by atoms with Crippen LogP contribution in [0.1, 0.15) is 25.7 Å². The van der Waals surface area contributed by atoms with Crippen LogP contribution >= 0.6 is 0 Å². The summed E-state index contributed by atoms with van der Waals surface area (Å²) in [5.74, 6) is -0.221. The van der Waals surface area contributed by atoms with Gasteiger partial charge in [-0.15, -0.1) is 0 Å². The Balaban J connectivity index is 2.35. The first-order valence-corrected chi connectivity index (χ1v) is 4.46. The lowest BCUT2D eigenvalue weighted by molar-refractivity contribution is -0.139. The number of aliphatic hydroxyl groups excluding tert-OH is 1. The quantitative estimate of drug-likeness (QED) is 0.613. The van der Waals surface area contributed by atoms with Gasteiger partial charge >= 0.3 is 5.97 Å². The normalized spacial score (nSPS) is 25.0. The number of aliphatic hydroxyl groups is 1. The second-order valence-electron chi connectivity index (χ2n) is 3.52. The first-order chi connectivity index (χ1) is 6.09. The van der Waals surface area contributed by atoms with E-state index in [1.807, 2.05) is 0 Å². The van der Waals surface area contributed by atoms with Gasteiger partial charge in [0, 0.05) is 6.42 Å². The molecule has 0 spiro atoms. The highest BCUT2D eigenvalue weighted by Gasteiger charge is 2.20. The number of carboxylic acids is 1. The lowest BCUT2D eigenvalue weighted by atomic mass is 9.88. The van der Waals surface area contributed by atoms with Gasteiger partial charge in [0.15, 0.2) is 0 Å². The van der Waals surface area contributed by atoms with E-state index in [1.54, 1.807) is 6.08 Å². The number of carboxylic acid groups (broad SMARTS) is 1. The zero-order valence-corrected chi connectivity index (χ0v) is 7.44. The molecule has 2 unspecified atom stereocenters. The van der Waals surface area contributed by atoms with Crippen LogP contribution in [-0.4, -0.2) is 22.2 Å². The van der Waals surface area contributed by atoms with Gasteiger partial charge in [-0.2, -0.15) is 0 Å². The van der Waals surface area contributed by atoms with Gasteiger partial charge in [-0.05, 0) is 31.3 Å². The molecule has 4 N–H and O–H groups in total. The molecule has 0 amide bonds. The van der Waals surface area contributed by atoms with Crippen LogP contribution in [0.15, 0.2) is 11.8 Å². The molecule has 13 heavy (non-hydrogen) atoms. The van der Waals surface area contributed by atoms with Gasteiger partial charge in [-0.25, -0.2) is 0 Å². The van der Waals surface area contributed by atoms with Gasteiger partial charge in [-0.1, -0.05) is 0 Å². The molecule has 0 saturated heterocycles. The van der Waals surface area contributed by atoms with E-state index in [-0.39, 0.29) is 0 Å². The van der Waals surface area contributed by atoms with E-state index in [0.717, 1.165) is 12.8 Å². The van der Waals surface area contributed by atoms with Gasteiger partial charge in [0.2, 0.25) is 0 Å². The van der Waals surface area contributed by atoms with Crippen LogP contribution in [0.5, 0.6) is 0 Å². The summed E-state index contributed by atoms with van der Waals surface area (Å²) in [5, 5.41) is 17.7. The van der Waals surface area contributed by atoms with Crippen molar-refractivity contribution >= 4 is 5.97 Å². The van der Waals surface area contributed by atoms with Crippen molar-refractivity contribution in [3.8, 4) is 0 Å². The van der Waals surface area contributed by atoms with E-state index in [0.29, 0.717) is 24.5 Å². The van der Waals surface area contributed by atoms with Crippen molar-refractivity contribution in [1.82, 2.24) is 0 Å². The van der Waals surface area contributed by atoms with Crippen molar-refractivity contribution < 1.29 is 15.0 Å². The Kier molecular flexibility index (Phi) is 3.31. The summed E-state index contributed by atoms with van der Waals surface area (Å²) < 4.78 is 0. The monoisotopic (exact) mass is 185 g/mol. The minimum absolute atomic E-state index is 0.307. The van der Waals surface area contributed by atoms with E-state index >= 15 is 0 Å². The average molecular weight is 185 g/mol. The molecule has 0 aromatic carbocycles. The molecule has 2 atom stereocenters. The molecule has 0 aromatic heterocycles. The van der Waals surface area contributed by atoms with Crippen LogP contribution in [0.4, 0.5) is 0 Å². The smallest absolute Gasteiger partial charge is 0.320 e. The third kappa shape index (κ3) is 3.06. The highest BCUT2D eigenvalue weighted by Crippen LogP contribution is 2.25. The zero-order chi connectivity index (χ0) is 9.84. The van der Waals surface area contributed by atoms with Crippen LogP contribution in [0.2, 0.25) is 0 Å². The summed E-state index contributed by atoms with van der Waals surface area (Å²) in [5.41, 5.74) is 5.40. The molecule has 0 aliphatic heterocycles. The van der Waals surface area contributed by atoms with Gasteiger partial charge in [0.1, 0.15) is 6.04 Å². The van der Waals surface area contributed by atoms with Crippen LogP contribution in [-0.2, 0) is 4.79 Å². The fourth-order valence-corrected chi connectivity index (χ4v) is 1.55. The third-order valence-corrected chi connectivity index (χ3v) is 2.40. The Labute approximate surface area is 77.1 Å². The number of aliphatic carboxylic acids is 1. The molecule has 4 heteroatoms. The lowest BCUT2D eigenvalue weighted by Crippen LogP contribution is -2.32. The fourth-order valence-electron chi connectivity index (χ4n) is 1.55. The van der Waals surface area contributed by atoms with E-state index in [1.165, 1.54) is 0 Å².